The van der Waals surface area contributed by atoms with E-state index in [4.69, 9.17) is 32.5 Å². The first-order chi connectivity index (χ1) is 17.8. The van der Waals surface area contributed by atoms with E-state index in [1.54, 1.807) is 30.3 Å². The van der Waals surface area contributed by atoms with Gasteiger partial charge in [-0.15, -0.1) is 11.3 Å². The summed E-state index contributed by atoms with van der Waals surface area (Å²) in [6.07, 6.45) is 4.33. The van der Waals surface area contributed by atoms with Crippen LogP contribution in [-0.4, -0.2) is 32.9 Å². The Balaban J connectivity index is 1.28. The molecule has 1 fully saturated rings. The summed E-state index contributed by atoms with van der Waals surface area (Å²) in [6.45, 7) is 4.41. The van der Waals surface area contributed by atoms with E-state index in [0.29, 0.717) is 61.9 Å². The average molecular weight is 559 g/mol. The molecule has 5 rings (SSSR count). The lowest BCUT2D eigenvalue weighted by atomic mass is 9.99. The normalized spacial score (nSPS) is 15.1. The highest BCUT2D eigenvalue weighted by atomic mass is 35.5. The molecule has 1 atom stereocenters. The molecular weight excluding hydrogens is 535 g/mol. The third-order valence-corrected chi connectivity index (χ3v) is 8.31. The number of thiazole rings is 1. The minimum atomic E-state index is -1.41. The van der Waals surface area contributed by atoms with Crippen LogP contribution >= 0.6 is 34.5 Å². The third kappa shape index (κ3) is 5.17. The molecule has 0 saturated heterocycles. The number of hydrogen-bond donors (Lipinski definition) is 2. The van der Waals surface area contributed by atoms with E-state index in [1.165, 1.54) is 12.1 Å². The van der Waals surface area contributed by atoms with Crippen molar-refractivity contribution >= 4 is 50.7 Å². The van der Waals surface area contributed by atoms with Crippen molar-refractivity contribution in [2.24, 2.45) is 0 Å². The van der Waals surface area contributed by atoms with Crippen molar-refractivity contribution in [1.29, 1.82) is 0 Å². The number of fused-ring (bicyclic) bond motifs is 1. The number of carboxylic acid groups (broad SMARTS) is 1. The highest BCUT2D eigenvalue weighted by molar-refractivity contribution is 7.19. The molecule has 1 saturated carbocycles. The number of hydrogen-bond acceptors (Lipinski definition) is 7. The number of ether oxygens (including phenoxy) is 1. The zero-order chi connectivity index (χ0) is 26.2. The number of aromatic carboxylic acids is 1. The largest absolute Gasteiger partial charge is 0.478 e. The van der Waals surface area contributed by atoms with Gasteiger partial charge in [0.2, 0.25) is 0 Å². The topological polar surface area (TPSA) is 106 Å². The van der Waals surface area contributed by atoms with Crippen LogP contribution in [0.15, 0.2) is 53.6 Å². The van der Waals surface area contributed by atoms with Crippen molar-refractivity contribution in [3.05, 3.63) is 81.0 Å². The smallest absolute Gasteiger partial charge is 0.337 e. The van der Waals surface area contributed by atoms with E-state index in [0.717, 1.165) is 35.5 Å². The molecule has 2 aromatic heterocycles. The molecule has 7 nitrogen and oxygen atoms in total. The van der Waals surface area contributed by atoms with Gasteiger partial charge in [-0.1, -0.05) is 53.1 Å². The van der Waals surface area contributed by atoms with Crippen LogP contribution in [0.1, 0.15) is 58.3 Å². The summed E-state index contributed by atoms with van der Waals surface area (Å²) in [5, 5.41) is 26.4. The zero-order valence-electron chi connectivity index (χ0n) is 19.7. The molecule has 192 valence electrons. The van der Waals surface area contributed by atoms with E-state index in [-0.39, 0.29) is 12.2 Å². The number of halogens is 2. The predicted octanol–water partition coefficient (Wildman–Crippen LogP) is 7.20. The fourth-order valence-electron chi connectivity index (χ4n) is 4.27. The quantitative estimate of drug-likeness (QED) is 0.148. The van der Waals surface area contributed by atoms with Crippen molar-refractivity contribution in [3.8, 4) is 11.3 Å². The molecule has 0 aliphatic heterocycles. The second-order valence-electron chi connectivity index (χ2n) is 9.01. The lowest BCUT2D eigenvalue weighted by Gasteiger charge is -2.21. The summed E-state index contributed by atoms with van der Waals surface area (Å²) in [5.41, 5.74) is 1.33. The van der Waals surface area contributed by atoms with Crippen LogP contribution in [0.2, 0.25) is 10.0 Å². The monoisotopic (exact) mass is 558 g/mol. The maximum absolute atomic E-state index is 11.6. The number of nitrogens with zero attached hydrogens (tertiary/aromatic N) is 2. The molecule has 0 spiro atoms. The minimum absolute atomic E-state index is 0.158. The fraction of sp³-hybridized carbons (Fsp3) is 0.296. The van der Waals surface area contributed by atoms with E-state index >= 15 is 0 Å². The van der Waals surface area contributed by atoms with Gasteiger partial charge in [0.1, 0.15) is 22.1 Å². The standard InChI is InChI=1S/C27H24Cl2N2O5S/c1-2-27(34,26-30-20-9-3-6-16(25(32)33)24(20)37-26)12-5-13-35-14-17-22(31-36-23(17)15-10-11-15)21-18(28)7-4-8-19(21)29/h2-4,6-9,15,34H,1,5,10-14H2,(H,32,33). The van der Waals surface area contributed by atoms with Crippen LogP contribution in [-0.2, 0) is 16.9 Å². The number of rotatable bonds is 11. The van der Waals surface area contributed by atoms with Gasteiger partial charge in [-0.25, -0.2) is 9.78 Å². The van der Waals surface area contributed by atoms with Gasteiger partial charge in [0.15, 0.2) is 0 Å². The molecule has 2 heterocycles. The number of carbonyl (C=O) groups is 1. The SMILES string of the molecule is C=CC(O)(CCCOCc1c(-c2c(Cl)cccc2Cl)noc1C1CC1)c1nc2cccc(C(=O)O)c2s1. The van der Waals surface area contributed by atoms with Crippen molar-refractivity contribution in [2.75, 3.05) is 6.61 Å². The van der Waals surface area contributed by atoms with Gasteiger partial charge in [0, 0.05) is 23.7 Å². The Morgan fingerprint density at radius 3 is 2.65 bits per heavy atom. The van der Waals surface area contributed by atoms with Crippen molar-refractivity contribution in [2.45, 2.75) is 43.8 Å². The van der Waals surface area contributed by atoms with Crippen LogP contribution in [0.5, 0.6) is 0 Å². The lowest BCUT2D eigenvalue weighted by Crippen LogP contribution is -2.23. The number of benzene rings is 2. The molecule has 0 amide bonds. The second kappa shape index (κ2) is 10.6. The van der Waals surface area contributed by atoms with Gasteiger partial charge in [-0.3, -0.25) is 0 Å². The maximum Gasteiger partial charge on any atom is 0.337 e. The Morgan fingerprint density at radius 1 is 1.24 bits per heavy atom. The second-order valence-corrected chi connectivity index (χ2v) is 10.8. The van der Waals surface area contributed by atoms with E-state index in [9.17, 15) is 15.0 Å². The number of aliphatic hydroxyl groups is 1. The van der Waals surface area contributed by atoms with Crippen molar-refractivity contribution in [3.63, 3.8) is 0 Å². The average Bonchev–Trinajstić information content (AvgIpc) is 3.48. The summed E-state index contributed by atoms with van der Waals surface area (Å²) >= 11 is 14.0. The summed E-state index contributed by atoms with van der Waals surface area (Å²) in [6, 6.07) is 10.2. The Labute approximate surface area is 227 Å². The number of carboxylic acids is 1. The van der Waals surface area contributed by atoms with E-state index in [2.05, 4.69) is 16.7 Å². The Morgan fingerprint density at radius 2 is 1.97 bits per heavy atom. The van der Waals surface area contributed by atoms with Gasteiger partial charge in [-0.05, 0) is 49.9 Å². The minimum Gasteiger partial charge on any atom is -0.478 e. The first-order valence-electron chi connectivity index (χ1n) is 11.8. The Bertz CT molecular complexity index is 1460. The third-order valence-electron chi connectivity index (χ3n) is 6.41. The van der Waals surface area contributed by atoms with Gasteiger partial charge in [-0.2, -0.15) is 0 Å². The van der Waals surface area contributed by atoms with Crippen LogP contribution in [0, 0.1) is 0 Å². The molecule has 2 aromatic carbocycles. The Kier molecular flexibility index (Phi) is 7.38. The summed E-state index contributed by atoms with van der Waals surface area (Å²) in [5.74, 6) is 0.0899. The van der Waals surface area contributed by atoms with Crippen molar-refractivity contribution in [1.82, 2.24) is 10.1 Å². The molecule has 0 radical (unpaired) electrons. The van der Waals surface area contributed by atoms with Gasteiger partial charge in [0.25, 0.3) is 0 Å². The van der Waals surface area contributed by atoms with Crippen molar-refractivity contribution < 1.29 is 24.3 Å². The molecule has 1 aliphatic rings. The molecule has 0 bridgehead atoms. The fourth-order valence-corrected chi connectivity index (χ4v) is 6.02. The molecule has 1 aliphatic carbocycles. The first kappa shape index (κ1) is 25.9. The predicted molar refractivity (Wildman–Crippen MR) is 143 cm³/mol. The molecular formula is C27H24Cl2N2O5S. The van der Waals surface area contributed by atoms with Crippen LogP contribution in [0.3, 0.4) is 0 Å². The summed E-state index contributed by atoms with van der Waals surface area (Å²) in [7, 11) is 0. The molecule has 4 aromatic rings. The Hall–Kier alpha value is -2.75. The maximum atomic E-state index is 11.6. The van der Waals surface area contributed by atoms with Gasteiger partial charge < -0.3 is 19.5 Å². The first-order valence-corrected chi connectivity index (χ1v) is 13.4. The molecule has 37 heavy (non-hydrogen) atoms. The summed E-state index contributed by atoms with van der Waals surface area (Å²) < 4.78 is 12.2. The van der Waals surface area contributed by atoms with Crippen LogP contribution < -0.4 is 0 Å². The summed E-state index contributed by atoms with van der Waals surface area (Å²) in [4.78, 5) is 16.0. The van der Waals surface area contributed by atoms with Crippen LogP contribution in [0.4, 0.5) is 0 Å². The van der Waals surface area contributed by atoms with Gasteiger partial charge in [0.05, 0.1) is 32.4 Å². The number of aromatic nitrogens is 2. The van der Waals surface area contributed by atoms with E-state index in [1.807, 2.05) is 0 Å². The van der Waals surface area contributed by atoms with Gasteiger partial charge >= 0.3 is 5.97 Å². The van der Waals surface area contributed by atoms with E-state index < -0.39 is 11.6 Å². The zero-order valence-corrected chi connectivity index (χ0v) is 22.1. The highest BCUT2D eigenvalue weighted by Crippen LogP contribution is 2.46. The lowest BCUT2D eigenvalue weighted by molar-refractivity contribution is 0.0550. The highest BCUT2D eigenvalue weighted by Gasteiger charge is 2.34. The van der Waals surface area contributed by atoms with Crippen LogP contribution in [0.25, 0.3) is 21.5 Å². The molecule has 10 heteroatoms. The molecule has 2 N–H and O–H groups in total. The molecule has 1 unspecified atom stereocenters.